The van der Waals surface area contributed by atoms with Crippen LogP contribution in [0.2, 0.25) is 5.22 Å². The van der Waals surface area contributed by atoms with Gasteiger partial charge >= 0.3 is 0 Å². The lowest BCUT2D eigenvalue weighted by Crippen LogP contribution is -2.53. The Bertz CT molecular complexity index is 535. The minimum absolute atomic E-state index is 0.147. The summed E-state index contributed by atoms with van der Waals surface area (Å²) in [6, 6.07) is 0.283. The molecule has 23 heavy (non-hydrogen) atoms. The van der Waals surface area contributed by atoms with Gasteiger partial charge in [0.15, 0.2) is 0 Å². The largest absolute Gasteiger partial charge is 0.391 e. The number of aromatic nitrogens is 1. The third kappa shape index (κ3) is 3.70. The summed E-state index contributed by atoms with van der Waals surface area (Å²) in [6.07, 6.45) is 3.87. The van der Waals surface area contributed by atoms with E-state index in [1.54, 1.807) is 0 Å². The molecule has 0 spiro atoms. The van der Waals surface area contributed by atoms with Gasteiger partial charge in [-0.3, -0.25) is 9.69 Å². The lowest BCUT2D eigenvalue weighted by Gasteiger charge is -2.39. The van der Waals surface area contributed by atoms with Crippen molar-refractivity contribution in [3.05, 3.63) is 16.5 Å². The first-order valence-corrected chi connectivity index (χ1v) is 8.74. The Morgan fingerprint density at radius 2 is 2.09 bits per heavy atom. The highest BCUT2D eigenvalue weighted by molar-refractivity contribution is 6.29. The summed E-state index contributed by atoms with van der Waals surface area (Å²) in [5.41, 5.74) is 1.58. The van der Waals surface area contributed by atoms with E-state index in [0.29, 0.717) is 12.8 Å². The van der Waals surface area contributed by atoms with Crippen molar-refractivity contribution in [1.82, 2.24) is 15.0 Å². The van der Waals surface area contributed by atoms with E-state index in [1.807, 2.05) is 11.8 Å². The van der Waals surface area contributed by atoms with Crippen molar-refractivity contribution >= 4 is 17.5 Å². The number of aliphatic hydroxyl groups excluding tert-OH is 1. The zero-order chi connectivity index (χ0) is 16.4. The van der Waals surface area contributed by atoms with Gasteiger partial charge in [-0.2, -0.15) is 0 Å². The zero-order valence-electron chi connectivity index (χ0n) is 13.5. The molecule has 1 saturated carbocycles. The number of rotatable bonds is 4. The fourth-order valence-corrected chi connectivity index (χ4v) is 3.95. The minimum Gasteiger partial charge on any atom is -0.391 e. The lowest BCUT2D eigenvalue weighted by atomic mass is 10.1. The normalized spacial score (nSPS) is 26.0. The molecular formula is C16H24ClN3O3. The van der Waals surface area contributed by atoms with Crippen LogP contribution in [0.4, 0.5) is 0 Å². The highest BCUT2D eigenvalue weighted by atomic mass is 35.5. The summed E-state index contributed by atoms with van der Waals surface area (Å²) in [5.74, 6) is 0.147. The van der Waals surface area contributed by atoms with Gasteiger partial charge in [0.05, 0.1) is 11.8 Å². The van der Waals surface area contributed by atoms with Gasteiger partial charge in [-0.1, -0.05) is 5.16 Å². The van der Waals surface area contributed by atoms with Crippen LogP contribution in [-0.4, -0.2) is 64.3 Å². The van der Waals surface area contributed by atoms with Crippen molar-refractivity contribution in [2.45, 2.75) is 51.2 Å². The van der Waals surface area contributed by atoms with Gasteiger partial charge in [0.1, 0.15) is 0 Å². The van der Waals surface area contributed by atoms with E-state index < -0.39 is 0 Å². The van der Waals surface area contributed by atoms with E-state index in [2.05, 4.69) is 10.1 Å². The van der Waals surface area contributed by atoms with E-state index in [4.69, 9.17) is 16.1 Å². The number of carbonyl (C=O) groups is 1. The molecule has 2 heterocycles. The molecule has 0 bridgehead atoms. The molecule has 2 aliphatic rings. The number of nitrogens with zero attached hydrogens (tertiary/aromatic N) is 3. The second-order valence-electron chi connectivity index (χ2n) is 6.50. The molecule has 1 saturated heterocycles. The molecule has 1 aromatic rings. The molecule has 7 heteroatoms. The number of hydrogen-bond acceptors (Lipinski definition) is 5. The second kappa shape index (κ2) is 7.20. The molecule has 2 unspecified atom stereocenters. The molecule has 128 valence electrons. The molecule has 0 aromatic carbocycles. The van der Waals surface area contributed by atoms with Gasteiger partial charge in [-0.05, 0) is 44.2 Å². The van der Waals surface area contributed by atoms with Crippen LogP contribution in [0.3, 0.4) is 0 Å². The van der Waals surface area contributed by atoms with Gasteiger partial charge in [-0.25, -0.2) is 0 Å². The fraction of sp³-hybridized carbons (Fsp3) is 0.750. The predicted molar refractivity (Wildman–Crippen MR) is 86.4 cm³/mol. The fourth-order valence-electron chi connectivity index (χ4n) is 3.68. The third-order valence-electron chi connectivity index (χ3n) is 5.11. The summed E-state index contributed by atoms with van der Waals surface area (Å²) >= 11 is 5.94. The van der Waals surface area contributed by atoms with Gasteiger partial charge in [0.2, 0.25) is 11.1 Å². The molecule has 1 amide bonds. The minimum atomic E-state index is -0.198. The van der Waals surface area contributed by atoms with Crippen LogP contribution in [0.15, 0.2) is 4.52 Å². The topological polar surface area (TPSA) is 69.8 Å². The van der Waals surface area contributed by atoms with E-state index in [-0.39, 0.29) is 23.3 Å². The van der Waals surface area contributed by atoms with Crippen molar-refractivity contribution in [2.24, 2.45) is 0 Å². The zero-order valence-corrected chi connectivity index (χ0v) is 14.3. The predicted octanol–water partition coefficient (Wildman–Crippen LogP) is 1.63. The maximum atomic E-state index is 12.4. The molecule has 3 rings (SSSR count). The van der Waals surface area contributed by atoms with Crippen molar-refractivity contribution < 1.29 is 14.4 Å². The second-order valence-corrected chi connectivity index (χ2v) is 6.85. The van der Waals surface area contributed by atoms with E-state index in [1.165, 1.54) is 0 Å². The Balaban J connectivity index is 1.47. The summed E-state index contributed by atoms with van der Waals surface area (Å²) in [5, 5.41) is 14.1. The number of piperazine rings is 1. The molecule has 1 N–H and O–H groups in total. The Kier molecular flexibility index (Phi) is 5.24. The number of amides is 1. The maximum Gasteiger partial charge on any atom is 0.229 e. The Morgan fingerprint density at radius 3 is 2.65 bits per heavy atom. The van der Waals surface area contributed by atoms with Crippen LogP contribution in [0.25, 0.3) is 0 Å². The molecule has 1 aromatic heterocycles. The molecule has 2 atom stereocenters. The van der Waals surface area contributed by atoms with Gasteiger partial charge in [0.25, 0.3) is 0 Å². The van der Waals surface area contributed by atoms with Crippen molar-refractivity contribution in [3.8, 4) is 0 Å². The highest BCUT2D eigenvalue weighted by Gasteiger charge is 2.33. The molecular weight excluding hydrogens is 318 g/mol. The van der Waals surface area contributed by atoms with Crippen LogP contribution in [0.5, 0.6) is 0 Å². The summed E-state index contributed by atoms with van der Waals surface area (Å²) < 4.78 is 4.91. The number of aliphatic hydroxyl groups is 1. The van der Waals surface area contributed by atoms with Crippen LogP contribution in [-0.2, 0) is 11.2 Å². The number of carbonyl (C=O) groups excluding carboxylic acids is 1. The van der Waals surface area contributed by atoms with Gasteiger partial charge in [0, 0.05) is 44.2 Å². The smallest absolute Gasteiger partial charge is 0.229 e. The lowest BCUT2D eigenvalue weighted by molar-refractivity contribution is -0.133. The molecule has 6 nitrogen and oxygen atoms in total. The third-order valence-corrected chi connectivity index (χ3v) is 5.40. The number of aryl methyl sites for hydroxylation is 1. The van der Waals surface area contributed by atoms with Gasteiger partial charge < -0.3 is 14.5 Å². The SMILES string of the molecule is Cc1noc(Cl)c1CCC(=O)N1CCN(C2CCCC2O)CC1. The first kappa shape index (κ1) is 16.7. The van der Waals surface area contributed by atoms with Gasteiger partial charge in [-0.15, -0.1) is 0 Å². The average Bonchev–Trinajstić information content (AvgIpc) is 3.11. The molecule has 2 fully saturated rings. The van der Waals surface area contributed by atoms with Crippen molar-refractivity contribution in [2.75, 3.05) is 26.2 Å². The molecule has 1 aliphatic carbocycles. The quantitative estimate of drug-likeness (QED) is 0.901. The van der Waals surface area contributed by atoms with E-state index in [0.717, 1.165) is 56.7 Å². The van der Waals surface area contributed by atoms with Crippen molar-refractivity contribution in [1.29, 1.82) is 0 Å². The summed E-state index contributed by atoms with van der Waals surface area (Å²) in [4.78, 5) is 16.6. The standard InChI is InChI=1S/C16H24ClN3O3/c1-11-12(16(17)23-18-11)5-6-15(22)20-9-7-19(8-10-20)13-3-2-4-14(13)21/h13-14,21H,2-10H2,1H3. The highest BCUT2D eigenvalue weighted by Crippen LogP contribution is 2.25. The van der Waals surface area contributed by atoms with E-state index >= 15 is 0 Å². The molecule has 1 aliphatic heterocycles. The number of halogens is 1. The van der Waals surface area contributed by atoms with Crippen LogP contribution >= 0.6 is 11.6 Å². The van der Waals surface area contributed by atoms with Crippen LogP contribution in [0, 0.1) is 6.92 Å². The van der Waals surface area contributed by atoms with Crippen LogP contribution < -0.4 is 0 Å². The summed E-state index contributed by atoms with van der Waals surface area (Å²) in [6.45, 7) is 5.00. The monoisotopic (exact) mass is 341 g/mol. The van der Waals surface area contributed by atoms with Crippen molar-refractivity contribution in [3.63, 3.8) is 0 Å². The summed E-state index contributed by atoms with van der Waals surface area (Å²) in [7, 11) is 0. The first-order chi connectivity index (χ1) is 11.1. The first-order valence-electron chi connectivity index (χ1n) is 8.37. The Labute approximate surface area is 141 Å². The average molecular weight is 342 g/mol. The Morgan fingerprint density at radius 1 is 1.35 bits per heavy atom. The molecule has 0 radical (unpaired) electrons. The van der Waals surface area contributed by atoms with Crippen LogP contribution in [0.1, 0.15) is 36.9 Å². The Hall–Kier alpha value is -1.11. The maximum absolute atomic E-state index is 12.4. The number of hydrogen-bond donors (Lipinski definition) is 1. The van der Waals surface area contributed by atoms with E-state index in [9.17, 15) is 9.90 Å².